The monoisotopic (exact) mass is 373 g/mol. The highest BCUT2D eigenvalue weighted by Gasteiger charge is 2.18. The van der Waals surface area contributed by atoms with Gasteiger partial charge in [0.2, 0.25) is 15.8 Å². The van der Waals surface area contributed by atoms with Crippen LogP contribution in [0.4, 0.5) is 5.95 Å². The van der Waals surface area contributed by atoms with E-state index in [4.69, 9.17) is 4.63 Å². The summed E-state index contributed by atoms with van der Waals surface area (Å²) in [7, 11) is -3.57. The van der Waals surface area contributed by atoms with Crippen molar-refractivity contribution >= 4 is 32.5 Å². The van der Waals surface area contributed by atoms with Crippen molar-refractivity contribution < 1.29 is 13.0 Å². The van der Waals surface area contributed by atoms with Crippen molar-refractivity contribution in [2.45, 2.75) is 25.0 Å². The molecule has 0 radical (unpaired) electrons. The van der Waals surface area contributed by atoms with Crippen molar-refractivity contribution in [2.75, 3.05) is 11.6 Å². The summed E-state index contributed by atoms with van der Waals surface area (Å²) >= 11 is 0. The lowest BCUT2D eigenvalue weighted by atomic mass is 10.2. The van der Waals surface area contributed by atoms with Gasteiger partial charge in [-0.15, -0.1) is 0 Å². The molecule has 3 heterocycles. The van der Waals surface area contributed by atoms with E-state index >= 15 is 0 Å². The van der Waals surface area contributed by atoms with Gasteiger partial charge in [0.15, 0.2) is 5.65 Å². The van der Waals surface area contributed by atoms with Crippen molar-refractivity contribution in [1.29, 1.82) is 0 Å². The first-order chi connectivity index (χ1) is 12.5. The average molecular weight is 373 g/mol. The lowest BCUT2D eigenvalue weighted by Gasteiger charge is -2.09. The van der Waals surface area contributed by atoms with Crippen LogP contribution >= 0.6 is 0 Å². The first kappa shape index (κ1) is 16.4. The summed E-state index contributed by atoms with van der Waals surface area (Å²) in [5.41, 5.74) is 3.40. The first-order valence-corrected chi connectivity index (χ1v) is 9.75. The van der Waals surface area contributed by atoms with Crippen LogP contribution in [0.2, 0.25) is 0 Å². The summed E-state index contributed by atoms with van der Waals surface area (Å²) in [6.07, 6.45) is 3.41. The summed E-state index contributed by atoms with van der Waals surface area (Å²) in [5, 5.41) is 14.8. The topological polar surface area (TPSA) is 128 Å². The number of sulfone groups is 1. The van der Waals surface area contributed by atoms with E-state index in [1.54, 1.807) is 12.3 Å². The second-order valence-electron chi connectivity index (χ2n) is 5.76. The predicted octanol–water partition coefficient (Wildman–Crippen LogP) is 1.24. The van der Waals surface area contributed by atoms with E-state index in [0.29, 0.717) is 29.6 Å². The molecule has 0 aliphatic rings. The zero-order valence-electron chi connectivity index (χ0n) is 14.0. The van der Waals surface area contributed by atoms with Gasteiger partial charge in [-0.05, 0) is 22.8 Å². The summed E-state index contributed by atoms with van der Waals surface area (Å²) in [5.74, 6) is 0.281. The standard InChI is InChI=1S/C15H15N7O3S/c1-3-9-8-17-22-13(9)18-15(26(2,23)24)19-14(22)16-7-10-5-4-6-11-12(10)21-25-20-11/h4-6,8H,3,7H2,1-2H3,(H,16,18,19). The molecule has 4 rings (SSSR count). The molecule has 134 valence electrons. The van der Waals surface area contributed by atoms with Gasteiger partial charge in [0, 0.05) is 23.9 Å². The highest BCUT2D eigenvalue weighted by atomic mass is 32.2. The minimum Gasteiger partial charge on any atom is -0.350 e. The van der Waals surface area contributed by atoms with Crippen LogP contribution in [0.5, 0.6) is 0 Å². The van der Waals surface area contributed by atoms with Gasteiger partial charge in [-0.2, -0.15) is 19.6 Å². The van der Waals surface area contributed by atoms with Crippen molar-refractivity contribution in [3.8, 4) is 0 Å². The number of aromatic nitrogens is 6. The molecule has 0 unspecified atom stereocenters. The van der Waals surface area contributed by atoms with Gasteiger partial charge in [0.05, 0.1) is 6.20 Å². The van der Waals surface area contributed by atoms with Gasteiger partial charge in [-0.1, -0.05) is 19.1 Å². The molecule has 0 aliphatic heterocycles. The van der Waals surface area contributed by atoms with Crippen LogP contribution in [-0.2, 0) is 22.8 Å². The third-order valence-electron chi connectivity index (χ3n) is 3.94. The summed E-state index contributed by atoms with van der Waals surface area (Å²) < 4.78 is 30.2. The molecule has 0 atom stereocenters. The number of nitrogens with zero attached hydrogens (tertiary/aromatic N) is 6. The fourth-order valence-corrected chi connectivity index (χ4v) is 3.12. The maximum absolute atomic E-state index is 12.0. The Balaban J connectivity index is 1.78. The molecule has 26 heavy (non-hydrogen) atoms. The van der Waals surface area contributed by atoms with E-state index in [2.05, 4.69) is 30.7 Å². The number of rotatable bonds is 5. The number of nitrogens with one attached hydrogen (secondary N) is 1. The molecule has 0 bridgehead atoms. The number of hydrogen-bond acceptors (Lipinski definition) is 9. The molecule has 11 heteroatoms. The summed E-state index contributed by atoms with van der Waals surface area (Å²) in [4.78, 5) is 8.29. The van der Waals surface area contributed by atoms with Crippen LogP contribution < -0.4 is 5.32 Å². The highest BCUT2D eigenvalue weighted by molar-refractivity contribution is 7.90. The predicted molar refractivity (Wildman–Crippen MR) is 92.4 cm³/mol. The summed E-state index contributed by atoms with van der Waals surface area (Å²) in [6.45, 7) is 2.28. The Bertz CT molecular complexity index is 1210. The number of fused-ring (bicyclic) bond motifs is 2. The number of anilines is 1. The van der Waals surface area contributed by atoms with Crippen LogP contribution in [0.3, 0.4) is 0 Å². The first-order valence-electron chi connectivity index (χ1n) is 7.86. The third-order valence-corrected chi connectivity index (χ3v) is 4.79. The maximum Gasteiger partial charge on any atom is 0.252 e. The van der Waals surface area contributed by atoms with Crippen LogP contribution in [0.25, 0.3) is 16.7 Å². The van der Waals surface area contributed by atoms with Crippen LogP contribution in [0.1, 0.15) is 18.1 Å². The maximum atomic E-state index is 12.0. The Morgan fingerprint density at radius 2 is 2.04 bits per heavy atom. The van der Waals surface area contributed by atoms with Crippen LogP contribution in [0, 0.1) is 0 Å². The highest BCUT2D eigenvalue weighted by Crippen LogP contribution is 2.19. The molecular weight excluding hydrogens is 358 g/mol. The molecule has 4 aromatic rings. The number of hydrogen-bond donors (Lipinski definition) is 1. The Morgan fingerprint density at radius 3 is 2.81 bits per heavy atom. The Labute approximate surface area is 148 Å². The third kappa shape index (κ3) is 2.75. The van der Waals surface area contributed by atoms with E-state index < -0.39 is 9.84 Å². The molecule has 0 saturated heterocycles. The van der Waals surface area contributed by atoms with Crippen molar-refractivity contribution in [2.24, 2.45) is 0 Å². The zero-order valence-corrected chi connectivity index (χ0v) is 14.9. The fourth-order valence-electron chi connectivity index (χ4n) is 2.61. The molecule has 0 aliphatic carbocycles. The zero-order chi connectivity index (χ0) is 18.3. The average Bonchev–Trinajstić information content (AvgIpc) is 3.25. The second-order valence-corrected chi connectivity index (χ2v) is 7.67. The SMILES string of the molecule is CCc1cnn2c(NCc3cccc4nonc34)nc(S(C)(=O)=O)nc12. The molecule has 3 aromatic heterocycles. The smallest absolute Gasteiger partial charge is 0.252 e. The molecule has 0 amide bonds. The number of aryl methyl sites for hydroxylation is 1. The minimum absolute atomic E-state index is 0.246. The van der Waals surface area contributed by atoms with E-state index in [1.165, 1.54) is 4.52 Å². The largest absolute Gasteiger partial charge is 0.350 e. The van der Waals surface area contributed by atoms with E-state index in [0.717, 1.165) is 17.4 Å². The minimum atomic E-state index is -3.57. The Morgan fingerprint density at radius 1 is 1.19 bits per heavy atom. The van der Waals surface area contributed by atoms with Gasteiger partial charge in [0.1, 0.15) is 11.0 Å². The lowest BCUT2D eigenvalue weighted by molar-refractivity contribution is 0.315. The molecule has 1 aromatic carbocycles. The van der Waals surface area contributed by atoms with Gasteiger partial charge in [0.25, 0.3) is 5.16 Å². The van der Waals surface area contributed by atoms with Gasteiger partial charge in [-0.3, -0.25) is 0 Å². The molecule has 1 N–H and O–H groups in total. The molecule has 0 spiro atoms. The van der Waals surface area contributed by atoms with Gasteiger partial charge < -0.3 is 5.32 Å². The van der Waals surface area contributed by atoms with Crippen LogP contribution in [-0.4, -0.2) is 44.6 Å². The fraction of sp³-hybridized carbons (Fsp3) is 0.267. The van der Waals surface area contributed by atoms with E-state index in [9.17, 15) is 8.42 Å². The van der Waals surface area contributed by atoms with Gasteiger partial charge in [-0.25, -0.2) is 13.0 Å². The van der Waals surface area contributed by atoms with Crippen molar-refractivity contribution in [1.82, 2.24) is 29.9 Å². The summed E-state index contributed by atoms with van der Waals surface area (Å²) in [6, 6.07) is 5.50. The van der Waals surface area contributed by atoms with Gasteiger partial charge >= 0.3 is 0 Å². The Hall–Kier alpha value is -3.08. The molecule has 0 fully saturated rings. The lowest BCUT2D eigenvalue weighted by Crippen LogP contribution is -2.13. The van der Waals surface area contributed by atoms with E-state index in [1.807, 2.05) is 19.1 Å². The molecule has 10 nitrogen and oxygen atoms in total. The molecule has 0 saturated carbocycles. The van der Waals surface area contributed by atoms with E-state index in [-0.39, 0.29) is 11.1 Å². The molecular formula is C15H15N7O3S. The number of benzene rings is 1. The quantitative estimate of drug-likeness (QED) is 0.549. The second kappa shape index (κ2) is 6.02. The normalized spacial score (nSPS) is 12.1. The Kier molecular flexibility index (Phi) is 3.80. The van der Waals surface area contributed by atoms with Crippen molar-refractivity contribution in [3.63, 3.8) is 0 Å². The van der Waals surface area contributed by atoms with Crippen molar-refractivity contribution in [3.05, 3.63) is 35.5 Å². The van der Waals surface area contributed by atoms with Crippen LogP contribution in [0.15, 0.2) is 34.2 Å².